The van der Waals surface area contributed by atoms with E-state index in [0.717, 1.165) is 6.08 Å². The van der Waals surface area contributed by atoms with Crippen LogP contribution in [0.25, 0.3) is 6.08 Å². The Balaban J connectivity index is 2.51. The fourth-order valence-electron chi connectivity index (χ4n) is 1.81. The van der Waals surface area contributed by atoms with E-state index in [-0.39, 0.29) is 17.2 Å². The van der Waals surface area contributed by atoms with E-state index in [1.54, 1.807) is 13.0 Å². The predicted molar refractivity (Wildman–Crippen MR) is 89.4 cm³/mol. The average molecular weight is 349 g/mol. The highest BCUT2D eigenvalue weighted by atomic mass is 16.6. The second-order valence-electron chi connectivity index (χ2n) is 4.94. The predicted octanol–water partition coefficient (Wildman–Crippen LogP) is 0.792. The number of esters is 1. The van der Waals surface area contributed by atoms with Gasteiger partial charge in [0.15, 0.2) is 6.61 Å². The summed E-state index contributed by atoms with van der Waals surface area (Å²) in [5.41, 5.74) is 0.0822. The molecular formula is C16H19N3O6. The van der Waals surface area contributed by atoms with E-state index in [9.17, 15) is 24.5 Å². The van der Waals surface area contributed by atoms with Crippen molar-refractivity contribution in [3.8, 4) is 0 Å². The van der Waals surface area contributed by atoms with Crippen molar-refractivity contribution in [3.63, 3.8) is 0 Å². The third-order valence-electron chi connectivity index (χ3n) is 3.00. The molecule has 0 aliphatic carbocycles. The first-order chi connectivity index (χ1) is 11.8. The highest BCUT2D eigenvalue weighted by Gasteiger charge is 2.15. The summed E-state index contributed by atoms with van der Waals surface area (Å²) in [6.07, 6.45) is 2.22. The van der Waals surface area contributed by atoms with Crippen molar-refractivity contribution in [3.05, 3.63) is 46.0 Å². The van der Waals surface area contributed by atoms with Crippen molar-refractivity contribution in [1.82, 2.24) is 10.6 Å². The van der Waals surface area contributed by atoms with Crippen molar-refractivity contribution < 1.29 is 24.0 Å². The highest BCUT2D eigenvalue weighted by Crippen LogP contribution is 2.18. The molecule has 0 bridgehead atoms. The largest absolute Gasteiger partial charge is 0.452 e. The molecule has 1 aromatic carbocycles. The second-order valence-corrected chi connectivity index (χ2v) is 4.94. The van der Waals surface area contributed by atoms with Crippen molar-refractivity contribution in [2.45, 2.75) is 19.9 Å². The summed E-state index contributed by atoms with van der Waals surface area (Å²) >= 11 is 0. The van der Waals surface area contributed by atoms with Gasteiger partial charge >= 0.3 is 5.97 Å². The number of benzene rings is 1. The average Bonchev–Trinajstić information content (AvgIpc) is 2.58. The maximum absolute atomic E-state index is 11.6. The molecule has 0 spiro atoms. The highest BCUT2D eigenvalue weighted by molar-refractivity contribution is 5.91. The number of nitro groups is 1. The number of carbonyl (C=O) groups is 3. The SMILES string of the molecule is CCNC(=O)[C@@H](C)NC(=O)COC(=O)/C=C/c1ccccc1[N+](=O)[O-]. The summed E-state index contributed by atoms with van der Waals surface area (Å²) in [6.45, 7) is 3.12. The number of nitro benzene ring substituents is 1. The Morgan fingerprint density at radius 3 is 2.64 bits per heavy atom. The molecule has 0 aliphatic heterocycles. The fraction of sp³-hybridized carbons (Fsp3) is 0.312. The van der Waals surface area contributed by atoms with Crippen LogP contribution >= 0.6 is 0 Å². The minimum Gasteiger partial charge on any atom is -0.452 e. The molecule has 2 amide bonds. The molecule has 0 aliphatic rings. The molecule has 1 rings (SSSR count). The number of nitrogens with zero attached hydrogens (tertiary/aromatic N) is 1. The molecular weight excluding hydrogens is 330 g/mol. The minimum atomic E-state index is -0.834. The lowest BCUT2D eigenvalue weighted by Gasteiger charge is -2.12. The molecule has 1 atom stereocenters. The van der Waals surface area contributed by atoms with Gasteiger partial charge in [0.2, 0.25) is 5.91 Å². The van der Waals surface area contributed by atoms with E-state index in [2.05, 4.69) is 10.6 Å². The van der Waals surface area contributed by atoms with Crippen molar-refractivity contribution in [2.24, 2.45) is 0 Å². The van der Waals surface area contributed by atoms with Crippen LogP contribution in [-0.2, 0) is 19.1 Å². The van der Waals surface area contributed by atoms with Gasteiger partial charge in [-0.25, -0.2) is 4.79 Å². The lowest BCUT2D eigenvalue weighted by molar-refractivity contribution is -0.385. The van der Waals surface area contributed by atoms with Crippen LogP contribution in [0.4, 0.5) is 5.69 Å². The molecule has 2 N–H and O–H groups in total. The van der Waals surface area contributed by atoms with Gasteiger partial charge in [0.05, 0.1) is 10.5 Å². The Labute approximate surface area is 144 Å². The Morgan fingerprint density at radius 2 is 2.00 bits per heavy atom. The number of para-hydroxylation sites is 1. The summed E-state index contributed by atoms with van der Waals surface area (Å²) in [5.74, 6) is -1.82. The monoisotopic (exact) mass is 349 g/mol. The topological polar surface area (TPSA) is 128 Å². The minimum absolute atomic E-state index is 0.153. The zero-order valence-electron chi connectivity index (χ0n) is 13.9. The zero-order valence-corrected chi connectivity index (χ0v) is 13.9. The van der Waals surface area contributed by atoms with Gasteiger partial charge in [0, 0.05) is 18.7 Å². The van der Waals surface area contributed by atoms with Crippen molar-refractivity contribution >= 4 is 29.5 Å². The Kier molecular flexibility index (Phi) is 7.77. The van der Waals surface area contributed by atoms with Crippen LogP contribution in [0.3, 0.4) is 0 Å². The van der Waals surface area contributed by atoms with Gasteiger partial charge in [-0.2, -0.15) is 0 Å². The van der Waals surface area contributed by atoms with Gasteiger partial charge in [-0.15, -0.1) is 0 Å². The number of carbonyl (C=O) groups excluding carboxylic acids is 3. The van der Waals surface area contributed by atoms with E-state index < -0.39 is 29.4 Å². The van der Waals surface area contributed by atoms with Crippen LogP contribution in [0.15, 0.2) is 30.3 Å². The lowest BCUT2D eigenvalue weighted by atomic mass is 10.1. The van der Waals surface area contributed by atoms with Gasteiger partial charge in [0.1, 0.15) is 6.04 Å². The van der Waals surface area contributed by atoms with Crippen LogP contribution in [0.2, 0.25) is 0 Å². The third kappa shape index (κ3) is 6.81. The van der Waals surface area contributed by atoms with Gasteiger partial charge in [-0.1, -0.05) is 12.1 Å². The number of hydrogen-bond acceptors (Lipinski definition) is 6. The number of likely N-dealkylation sites (N-methyl/N-ethyl adjacent to an activating group) is 1. The van der Waals surface area contributed by atoms with E-state index >= 15 is 0 Å². The van der Waals surface area contributed by atoms with Gasteiger partial charge in [0.25, 0.3) is 11.6 Å². The zero-order chi connectivity index (χ0) is 18.8. The quantitative estimate of drug-likeness (QED) is 0.309. The number of amides is 2. The summed E-state index contributed by atoms with van der Waals surface area (Å²) in [5, 5.41) is 15.8. The Hall–Kier alpha value is -3.23. The first-order valence-electron chi connectivity index (χ1n) is 7.50. The second kappa shape index (κ2) is 9.81. The molecule has 9 nitrogen and oxygen atoms in total. The van der Waals surface area contributed by atoms with Crippen LogP contribution in [0.1, 0.15) is 19.4 Å². The molecule has 0 unspecified atom stereocenters. The maximum Gasteiger partial charge on any atom is 0.331 e. The van der Waals surface area contributed by atoms with E-state index in [1.165, 1.54) is 31.2 Å². The fourth-order valence-corrected chi connectivity index (χ4v) is 1.81. The normalized spacial score (nSPS) is 11.6. The molecule has 25 heavy (non-hydrogen) atoms. The lowest BCUT2D eigenvalue weighted by Crippen LogP contribution is -2.46. The van der Waals surface area contributed by atoms with Crippen LogP contribution in [0, 0.1) is 10.1 Å². The Morgan fingerprint density at radius 1 is 1.32 bits per heavy atom. The van der Waals surface area contributed by atoms with Crippen LogP contribution < -0.4 is 10.6 Å². The van der Waals surface area contributed by atoms with Crippen molar-refractivity contribution in [1.29, 1.82) is 0 Å². The van der Waals surface area contributed by atoms with Crippen molar-refractivity contribution in [2.75, 3.05) is 13.2 Å². The molecule has 0 saturated heterocycles. The molecule has 134 valence electrons. The van der Waals surface area contributed by atoms with Crippen LogP contribution in [-0.4, -0.2) is 41.9 Å². The van der Waals surface area contributed by atoms with E-state index in [1.807, 2.05) is 0 Å². The summed E-state index contributed by atoms with van der Waals surface area (Å²) in [7, 11) is 0. The molecule has 0 radical (unpaired) electrons. The molecule has 0 fully saturated rings. The van der Waals surface area contributed by atoms with Gasteiger partial charge in [-0.3, -0.25) is 19.7 Å². The summed E-state index contributed by atoms with van der Waals surface area (Å²) < 4.78 is 4.73. The molecule has 0 saturated carbocycles. The first kappa shape index (κ1) is 19.8. The molecule has 0 aromatic heterocycles. The number of hydrogen-bond donors (Lipinski definition) is 2. The summed E-state index contributed by atoms with van der Waals surface area (Å²) in [4.78, 5) is 44.9. The number of nitrogens with one attached hydrogen (secondary N) is 2. The standard InChI is InChI=1S/C16H19N3O6/c1-3-17-16(22)11(2)18-14(20)10-25-15(21)9-8-12-6-4-5-7-13(12)19(23)24/h4-9,11H,3,10H2,1-2H3,(H,17,22)(H,18,20)/b9-8+/t11-/m1/s1. The summed E-state index contributed by atoms with van der Waals surface area (Å²) in [6, 6.07) is 5.13. The van der Waals surface area contributed by atoms with E-state index in [0.29, 0.717) is 6.54 Å². The smallest absolute Gasteiger partial charge is 0.331 e. The molecule has 1 aromatic rings. The third-order valence-corrected chi connectivity index (χ3v) is 3.00. The number of rotatable bonds is 8. The molecule has 0 heterocycles. The number of ether oxygens (including phenoxy) is 1. The Bertz CT molecular complexity index is 686. The first-order valence-corrected chi connectivity index (χ1v) is 7.50. The van der Waals surface area contributed by atoms with Crippen LogP contribution in [0.5, 0.6) is 0 Å². The van der Waals surface area contributed by atoms with E-state index in [4.69, 9.17) is 4.74 Å². The maximum atomic E-state index is 11.6. The molecule has 9 heteroatoms. The van der Waals surface area contributed by atoms with Gasteiger partial charge in [-0.05, 0) is 26.0 Å². The van der Waals surface area contributed by atoms with Gasteiger partial charge < -0.3 is 15.4 Å².